The van der Waals surface area contributed by atoms with Crippen molar-refractivity contribution in [1.29, 1.82) is 0 Å². The Morgan fingerprint density at radius 1 is 1.18 bits per heavy atom. The van der Waals surface area contributed by atoms with Crippen molar-refractivity contribution >= 4 is 11.5 Å². The number of anilines is 2. The Bertz CT molecular complexity index is 462. The van der Waals surface area contributed by atoms with E-state index in [-0.39, 0.29) is 0 Å². The SMILES string of the molecule is CCCc1nc(NC2CCCCC2)c(N)c(OCCOC)n1. The lowest BCUT2D eigenvalue weighted by molar-refractivity contribution is 0.144. The van der Waals surface area contributed by atoms with Crippen LogP contribution in [0.25, 0.3) is 0 Å². The lowest BCUT2D eigenvalue weighted by atomic mass is 9.95. The van der Waals surface area contributed by atoms with Crippen molar-refractivity contribution < 1.29 is 9.47 Å². The molecule has 0 radical (unpaired) electrons. The molecule has 0 aromatic carbocycles. The van der Waals surface area contributed by atoms with Gasteiger partial charge in [-0.2, -0.15) is 4.98 Å². The minimum atomic E-state index is 0.437. The van der Waals surface area contributed by atoms with Crippen LogP contribution >= 0.6 is 0 Å². The molecule has 3 N–H and O–H groups in total. The van der Waals surface area contributed by atoms with E-state index in [4.69, 9.17) is 15.2 Å². The molecule has 1 saturated carbocycles. The van der Waals surface area contributed by atoms with E-state index in [0.717, 1.165) is 24.5 Å². The first-order valence-electron chi connectivity index (χ1n) is 8.29. The van der Waals surface area contributed by atoms with Crippen LogP contribution in [0.1, 0.15) is 51.3 Å². The van der Waals surface area contributed by atoms with Crippen molar-refractivity contribution in [3.8, 4) is 5.88 Å². The lowest BCUT2D eigenvalue weighted by Crippen LogP contribution is -2.24. The van der Waals surface area contributed by atoms with Gasteiger partial charge in [0.05, 0.1) is 6.61 Å². The predicted molar refractivity (Wildman–Crippen MR) is 88.3 cm³/mol. The zero-order chi connectivity index (χ0) is 15.8. The molecule has 0 spiro atoms. The molecule has 0 unspecified atom stereocenters. The molecule has 0 bridgehead atoms. The molecule has 6 nitrogen and oxygen atoms in total. The fourth-order valence-electron chi connectivity index (χ4n) is 2.71. The summed E-state index contributed by atoms with van der Waals surface area (Å²) in [5.74, 6) is 1.97. The number of nitrogens with zero attached hydrogens (tertiary/aromatic N) is 2. The van der Waals surface area contributed by atoms with E-state index in [1.165, 1.54) is 32.1 Å². The first kappa shape index (κ1) is 16.8. The first-order chi connectivity index (χ1) is 10.7. The number of aryl methyl sites for hydroxylation is 1. The highest BCUT2D eigenvalue weighted by Crippen LogP contribution is 2.29. The van der Waals surface area contributed by atoms with Crippen molar-refractivity contribution in [2.45, 2.75) is 57.9 Å². The van der Waals surface area contributed by atoms with Gasteiger partial charge in [-0.15, -0.1) is 0 Å². The Hall–Kier alpha value is -1.56. The summed E-state index contributed by atoms with van der Waals surface area (Å²) in [7, 11) is 1.64. The van der Waals surface area contributed by atoms with Gasteiger partial charge in [0, 0.05) is 19.6 Å². The molecule has 0 aliphatic heterocycles. The first-order valence-corrected chi connectivity index (χ1v) is 8.29. The van der Waals surface area contributed by atoms with Gasteiger partial charge < -0.3 is 20.5 Å². The smallest absolute Gasteiger partial charge is 0.242 e. The standard InChI is InChI=1S/C16H28N4O2/c1-3-7-13-19-15(18-12-8-5-4-6-9-12)14(17)16(20-13)22-11-10-21-2/h12H,3-11,17H2,1-2H3,(H,18,19,20). The van der Waals surface area contributed by atoms with Crippen LogP contribution in [0.3, 0.4) is 0 Å². The zero-order valence-corrected chi connectivity index (χ0v) is 13.7. The quantitative estimate of drug-likeness (QED) is 0.719. The lowest BCUT2D eigenvalue weighted by Gasteiger charge is -2.24. The van der Waals surface area contributed by atoms with Gasteiger partial charge in [0.15, 0.2) is 5.82 Å². The molecule has 1 aliphatic carbocycles. The third-order valence-electron chi connectivity index (χ3n) is 3.90. The van der Waals surface area contributed by atoms with E-state index >= 15 is 0 Å². The molecule has 0 saturated heterocycles. The number of hydrogen-bond acceptors (Lipinski definition) is 6. The van der Waals surface area contributed by atoms with Crippen molar-refractivity contribution in [1.82, 2.24) is 9.97 Å². The third-order valence-corrected chi connectivity index (χ3v) is 3.90. The van der Waals surface area contributed by atoms with Crippen LogP contribution in [0.5, 0.6) is 5.88 Å². The van der Waals surface area contributed by atoms with Crippen LogP contribution in [0.15, 0.2) is 0 Å². The van der Waals surface area contributed by atoms with E-state index < -0.39 is 0 Å². The normalized spacial score (nSPS) is 15.7. The molecule has 6 heteroatoms. The van der Waals surface area contributed by atoms with Gasteiger partial charge in [-0.1, -0.05) is 26.2 Å². The maximum absolute atomic E-state index is 6.19. The van der Waals surface area contributed by atoms with Gasteiger partial charge in [-0.3, -0.25) is 0 Å². The summed E-state index contributed by atoms with van der Waals surface area (Å²) in [4.78, 5) is 9.02. The molecular weight excluding hydrogens is 280 g/mol. The van der Waals surface area contributed by atoms with E-state index in [2.05, 4.69) is 22.2 Å². The van der Waals surface area contributed by atoms with Crippen LogP contribution < -0.4 is 15.8 Å². The van der Waals surface area contributed by atoms with Crippen molar-refractivity contribution in [2.24, 2.45) is 0 Å². The maximum Gasteiger partial charge on any atom is 0.242 e. The number of nitrogens with one attached hydrogen (secondary N) is 1. The summed E-state index contributed by atoms with van der Waals surface area (Å²) in [5, 5.41) is 3.49. The fraction of sp³-hybridized carbons (Fsp3) is 0.750. The molecule has 1 aliphatic rings. The Balaban J connectivity index is 2.14. The second-order valence-electron chi connectivity index (χ2n) is 5.78. The number of ether oxygens (including phenoxy) is 2. The Morgan fingerprint density at radius 3 is 2.64 bits per heavy atom. The monoisotopic (exact) mass is 308 g/mol. The summed E-state index contributed by atoms with van der Waals surface area (Å²) in [6.07, 6.45) is 8.01. The van der Waals surface area contributed by atoms with E-state index in [1.54, 1.807) is 7.11 Å². The number of nitrogen functional groups attached to an aromatic ring is 1. The van der Waals surface area contributed by atoms with Crippen LogP contribution in [0.4, 0.5) is 11.5 Å². The molecule has 2 rings (SSSR count). The van der Waals surface area contributed by atoms with E-state index in [1.807, 2.05) is 0 Å². The van der Waals surface area contributed by atoms with Gasteiger partial charge in [0.1, 0.15) is 18.1 Å². The molecule has 22 heavy (non-hydrogen) atoms. The number of methoxy groups -OCH3 is 1. The summed E-state index contributed by atoms with van der Waals surface area (Å²) in [6.45, 7) is 3.06. The highest BCUT2D eigenvalue weighted by molar-refractivity contribution is 5.67. The summed E-state index contributed by atoms with van der Waals surface area (Å²) >= 11 is 0. The van der Waals surface area contributed by atoms with Crippen molar-refractivity contribution in [2.75, 3.05) is 31.4 Å². The van der Waals surface area contributed by atoms with Crippen LogP contribution in [-0.2, 0) is 11.2 Å². The second kappa shape index (κ2) is 8.78. The molecule has 1 aromatic heterocycles. The number of aromatic nitrogens is 2. The molecule has 1 aromatic rings. The van der Waals surface area contributed by atoms with Gasteiger partial charge in [-0.05, 0) is 19.3 Å². The van der Waals surface area contributed by atoms with E-state index in [9.17, 15) is 0 Å². The fourth-order valence-corrected chi connectivity index (χ4v) is 2.71. The minimum Gasteiger partial charge on any atom is -0.474 e. The minimum absolute atomic E-state index is 0.437. The number of rotatable bonds is 8. The van der Waals surface area contributed by atoms with Crippen molar-refractivity contribution in [3.05, 3.63) is 5.82 Å². The van der Waals surface area contributed by atoms with Gasteiger partial charge >= 0.3 is 0 Å². The second-order valence-corrected chi connectivity index (χ2v) is 5.78. The largest absolute Gasteiger partial charge is 0.474 e. The van der Waals surface area contributed by atoms with Gasteiger partial charge in [0.2, 0.25) is 5.88 Å². The third kappa shape index (κ3) is 4.73. The molecular formula is C16H28N4O2. The molecule has 0 amide bonds. The topological polar surface area (TPSA) is 82.3 Å². The number of hydrogen-bond donors (Lipinski definition) is 2. The van der Waals surface area contributed by atoms with Gasteiger partial charge in [0.25, 0.3) is 0 Å². The average molecular weight is 308 g/mol. The van der Waals surface area contributed by atoms with Crippen LogP contribution in [0.2, 0.25) is 0 Å². The highest BCUT2D eigenvalue weighted by atomic mass is 16.5. The Morgan fingerprint density at radius 2 is 1.95 bits per heavy atom. The maximum atomic E-state index is 6.19. The average Bonchev–Trinajstić information content (AvgIpc) is 2.53. The molecule has 1 fully saturated rings. The molecule has 0 atom stereocenters. The predicted octanol–water partition coefficient (Wildman–Crippen LogP) is 2.78. The molecule has 1 heterocycles. The Labute approximate surface area is 132 Å². The Kier molecular flexibility index (Phi) is 6.71. The van der Waals surface area contributed by atoms with Crippen LogP contribution in [0, 0.1) is 0 Å². The summed E-state index contributed by atoms with van der Waals surface area (Å²) < 4.78 is 10.7. The zero-order valence-electron chi connectivity index (χ0n) is 13.7. The molecule has 124 valence electrons. The summed E-state index contributed by atoms with van der Waals surface area (Å²) in [5.41, 5.74) is 6.70. The number of nitrogens with two attached hydrogens (primary N) is 1. The van der Waals surface area contributed by atoms with Crippen molar-refractivity contribution in [3.63, 3.8) is 0 Å². The van der Waals surface area contributed by atoms with Gasteiger partial charge in [-0.25, -0.2) is 4.98 Å². The van der Waals surface area contributed by atoms with E-state index in [0.29, 0.717) is 30.8 Å². The highest BCUT2D eigenvalue weighted by Gasteiger charge is 2.18. The summed E-state index contributed by atoms with van der Waals surface area (Å²) in [6, 6.07) is 0.451. The van der Waals surface area contributed by atoms with Crippen LogP contribution in [-0.4, -0.2) is 36.3 Å².